The van der Waals surface area contributed by atoms with Gasteiger partial charge in [0.15, 0.2) is 6.04 Å². The highest BCUT2D eigenvalue weighted by Gasteiger charge is 2.47. The second kappa shape index (κ2) is 7.56. The Morgan fingerprint density at radius 1 is 1.30 bits per heavy atom. The number of nitrogens with zero attached hydrogens (tertiary/aromatic N) is 5. The summed E-state index contributed by atoms with van der Waals surface area (Å²) >= 11 is 0. The molecule has 1 saturated heterocycles. The van der Waals surface area contributed by atoms with E-state index >= 15 is 0 Å². The summed E-state index contributed by atoms with van der Waals surface area (Å²) in [6.45, 7) is 4.52. The lowest BCUT2D eigenvalue weighted by Crippen LogP contribution is -2.39. The van der Waals surface area contributed by atoms with Crippen LogP contribution in [0.5, 0.6) is 0 Å². The van der Waals surface area contributed by atoms with Gasteiger partial charge in [-0.2, -0.15) is 27.7 Å². The van der Waals surface area contributed by atoms with Crippen LogP contribution < -0.4 is 5.32 Å². The van der Waals surface area contributed by atoms with Crippen LogP contribution in [0, 0.1) is 0 Å². The number of aromatic nitrogens is 4. The number of nitrogens with one attached hydrogen (secondary N) is 1. The third kappa shape index (κ3) is 3.59. The lowest BCUT2D eigenvalue weighted by molar-refractivity contribution is -0.173. The van der Waals surface area contributed by atoms with Crippen molar-refractivity contribution in [2.75, 3.05) is 11.9 Å². The highest BCUT2D eigenvalue weighted by Crippen LogP contribution is 2.43. The molecule has 2 aliphatic rings. The first kappa shape index (κ1) is 21.2. The molecule has 2 aromatic heterocycles. The molecule has 2 aromatic rings. The second-order valence-corrected chi connectivity index (χ2v) is 9.64. The lowest BCUT2D eigenvalue weighted by atomic mass is 10.0. The van der Waals surface area contributed by atoms with Gasteiger partial charge in [0.25, 0.3) is 0 Å². The number of halogens is 3. The van der Waals surface area contributed by atoms with Crippen LogP contribution in [0.1, 0.15) is 57.3 Å². The molecule has 0 amide bonds. The Balaban J connectivity index is 1.68. The number of alkyl halides is 3. The molecule has 0 bridgehead atoms. The summed E-state index contributed by atoms with van der Waals surface area (Å²) in [4.78, 5) is 0.0811. The summed E-state index contributed by atoms with van der Waals surface area (Å²) in [6.07, 6.45) is -0.0815. The molecule has 8 nitrogen and oxygen atoms in total. The van der Waals surface area contributed by atoms with Crippen molar-refractivity contribution in [1.82, 2.24) is 23.9 Å². The number of hydrogen-bond donors (Lipinski definition) is 1. The van der Waals surface area contributed by atoms with Gasteiger partial charge in [0.2, 0.25) is 10.0 Å². The van der Waals surface area contributed by atoms with Gasteiger partial charge in [-0.25, -0.2) is 13.1 Å². The Bertz CT molecular complexity index is 1020. The van der Waals surface area contributed by atoms with Crippen LogP contribution in [-0.2, 0) is 16.6 Å². The predicted octanol–water partition coefficient (Wildman–Crippen LogP) is 3.32. The summed E-state index contributed by atoms with van der Waals surface area (Å²) in [7, 11) is -3.83. The zero-order valence-electron chi connectivity index (χ0n) is 16.8. The fourth-order valence-electron chi connectivity index (χ4n) is 4.21. The lowest BCUT2D eigenvalue weighted by Gasteiger charge is -2.32. The summed E-state index contributed by atoms with van der Waals surface area (Å²) in [5.41, 5.74) is 0.340. The van der Waals surface area contributed by atoms with E-state index in [-0.39, 0.29) is 23.2 Å². The molecule has 1 fully saturated rings. The summed E-state index contributed by atoms with van der Waals surface area (Å²) in [6, 6.07) is -1.07. The Hall–Kier alpha value is -2.08. The first-order valence-corrected chi connectivity index (χ1v) is 11.6. The van der Waals surface area contributed by atoms with Gasteiger partial charge in [-0.3, -0.25) is 4.68 Å². The molecule has 2 aliphatic heterocycles. The number of fused-ring (bicyclic) bond motifs is 1. The molecule has 3 atom stereocenters. The molecule has 0 radical (unpaired) electrons. The second-order valence-electron chi connectivity index (χ2n) is 7.75. The minimum Gasteiger partial charge on any atom is -0.367 e. The van der Waals surface area contributed by atoms with E-state index < -0.39 is 28.3 Å². The van der Waals surface area contributed by atoms with E-state index in [1.54, 1.807) is 6.07 Å². The Morgan fingerprint density at radius 2 is 2.07 bits per heavy atom. The highest BCUT2D eigenvalue weighted by atomic mass is 32.2. The van der Waals surface area contributed by atoms with Gasteiger partial charge in [0, 0.05) is 31.4 Å². The van der Waals surface area contributed by atoms with Crippen LogP contribution in [-0.4, -0.2) is 51.0 Å². The minimum atomic E-state index is -4.43. The van der Waals surface area contributed by atoms with Gasteiger partial charge < -0.3 is 5.32 Å². The van der Waals surface area contributed by atoms with Crippen molar-refractivity contribution >= 4 is 15.8 Å². The molecular weight excluding hydrogens is 421 g/mol. The van der Waals surface area contributed by atoms with Crippen LogP contribution >= 0.6 is 0 Å². The number of rotatable bonds is 5. The number of hydrogen-bond acceptors (Lipinski definition) is 5. The minimum absolute atomic E-state index is 0.0811. The summed E-state index contributed by atoms with van der Waals surface area (Å²) in [5.74, 6) is 0.286. The largest absolute Gasteiger partial charge is 0.410 e. The maximum Gasteiger partial charge on any atom is 0.410 e. The molecule has 1 N–H and O–H groups in total. The maximum absolute atomic E-state index is 13.6. The van der Waals surface area contributed by atoms with Gasteiger partial charge in [0.05, 0.1) is 17.9 Å². The van der Waals surface area contributed by atoms with E-state index in [9.17, 15) is 21.6 Å². The highest BCUT2D eigenvalue weighted by molar-refractivity contribution is 7.89. The molecule has 0 unspecified atom stereocenters. The zero-order valence-corrected chi connectivity index (χ0v) is 17.6. The predicted molar refractivity (Wildman–Crippen MR) is 103 cm³/mol. The van der Waals surface area contributed by atoms with Gasteiger partial charge in [-0.15, -0.1) is 0 Å². The maximum atomic E-state index is 13.6. The topological polar surface area (TPSA) is 85.1 Å². The quantitative estimate of drug-likeness (QED) is 0.762. The van der Waals surface area contributed by atoms with Crippen molar-refractivity contribution in [1.29, 1.82) is 0 Å². The fourth-order valence-corrected chi connectivity index (χ4v) is 5.83. The summed E-state index contributed by atoms with van der Waals surface area (Å²) in [5, 5.41) is 11.4. The molecule has 0 aliphatic carbocycles. The van der Waals surface area contributed by atoms with Crippen molar-refractivity contribution < 1.29 is 21.6 Å². The molecular formula is C18H25F3N6O2S. The Morgan fingerprint density at radius 3 is 2.70 bits per heavy atom. The molecule has 0 saturated carbocycles. The van der Waals surface area contributed by atoms with E-state index in [0.717, 1.165) is 4.68 Å². The van der Waals surface area contributed by atoms with E-state index in [0.29, 0.717) is 38.0 Å². The molecule has 0 aromatic carbocycles. The van der Waals surface area contributed by atoms with Gasteiger partial charge in [-0.1, -0.05) is 6.92 Å². The smallest absolute Gasteiger partial charge is 0.367 e. The van der Waals surface area contributed by atoms with Crippen LogP contribution in [0.15, 0.2) is 23.4 Å². The van der Waals surface area contributed by atoms with E-state index in [2.05, 4.69) is 15.5 Å². The molecule has 4 heterocycles. The van der Waals surface area contributed by atoms with Crippen molar-refractivity contribution in [2.45, 2.75) is 75.3 Å². The molecule has 30 heavy (non-hydrogen) atoms. The van der Waals surface area contributed by atoms with Gasteiger partial charge >= 0.3 is 6.18 Å². The van der Waals surface area contributed by atoms with E-state index in [1.807, 2.05) is 13.8 Å². The standard InChI is InChI=1S/C18H25F3N6O2S/c1-3-12-8-16(18(19,20)21)27-17(23-12)9-14(24-27)15-6-5-7-26(15)30(28,29)13-10-22-25(4-2)11-13/h9-12,15-16,23H,3-8H2,1-2H3/t12-,15+,16-/m1/s1. The molecule has 4 rings (SSSR count). The van der Waals surface area contributed by atoms with Crippen molar-refractivity contribution in [2.24, 2.45) is 0 Å². The van der Waals surface area contributed by atoms with Crippen molar-refractivity contribution in [3.63, 3.8) is 0 Å². The zero-order chi connectivity index (χ0) is 21.7. The molecule has 0 spiro atoms. The van der Waals surface area contributed by atoms with Crippen LogP contribution in [0.4, 0.5) is 19.0 Å². The normalized spacial score (nSPS) is 25.3. The van der Waals surface area contributed by atoms with E-state index in [1.165, 1.54) is 21.4 Å². The summed E-state index contributed by atoms with van der Waals surface area (Å²) < 4.78 is 71.0. The number of sulfonamides is 1. The average molecular weight is 446 g/mol. The third-order valence-electron chi connectivity index (χ3n) is 5.87. The van der Waals surface area contributed by atoms with Crippen LogP contribution in [0.25, 0.3) is 0 Å². The molecule has 166 valence electrons. The Labute approximate surface area is 173 Å². The number of aryl methyl sites for hydroxylation is 1. The third-order valence-corrected chi connectivity index (χ3v) is 7.73. The first-order chi connectivity index (χ1) is 14.1. The first-order valence-electron chi connectivity index (χ1n) is 10.1. The number of anilines is 1. The van der Waals surface area contributed by atoms with Gasteiger partial charge in [0.1, 0.15) is 10.7 Å². The van der Waals surface area contributed by atoms with Crippen LogP contribution in [0.2, 0.25) is 0 Å². The van der Waals surface area contributed by atoms with Gasteiger partial charge in [-0.05, 0) is 32.6 Å². The monoisotopic (exact) mass is 446 g/mol. The SMILES string of the molecule is CC[C@@H]1C[C@H](C(F)(F)F)n2nc([C@@H]3CCCN3S(=O)(=O)c3cnn(CC)c3)cc2N1. The average Bonchev–Trinajstić information content (AvgIpc) is 3.44. The van der Waals surface area contributed by atoms with Crippen LogP contribution in [0.3, 0.4) is 0 Å². The fraction of sp³-hybridized carbons (Fsp3) is 0.667. The van der Waals surface area contributed by atoms with E-state index in [4.69, 9.17) is 0 Å². The van der Waals surface area contributed by atoms with Crippen molar-refractivity contribution in [3.8, 4) is 0 Å². The van der Waals surface area contributed by atoms with Crippen molar-refractivity contribution in [3.05, 3.63) is 24.2 Å². The molecule has 12 heteroatoms. The Kier molecular flexibility index (Phi) is 5.33.